The molecule has 0 atom stereocenters. The van der Waals surface area contributed by atoms with Crippen LogP contribution in [0.4, 0.5) is 17.1 Å². The molecule has 2 heterocycles. The number of hydrogen-bond acceptors (Lipinski definition) is 2. The molecular formula is C49H50N2. The third-order valence-electron chi connectivity index (χ3n) is 11.5. The van der Waals surface area contributed by atoms with E-state index in [4.69, 9.17) is 0 Å². The maximum absolute atomic E-state index is 4.07. The van der Waals surface area contributed by atoms with Crippen molar-refractivity contribution in [3.63, 3.8) is 0 Å². The van der Waals surface area contributed by atoms with Gasteiger partial charge in [-0.2, -0.15) is 0 Å². The highest BCUT2D eigenvalue weighted by Gasteiger charge is 2.41. The average Bonchev–Trinajstić information content (AvgIpc) is 3.33. The third kappa shape index (κ3) is 5.31. The number of anilines is 3. The van der Waals surface area contributed by atoms with Crippen LogP contribution in [0.15, 0.2) is 145 Å². The van der Waals surface area contributed by atoms with Crippen molar-refractivity contribution in [1.29, 1.82) is 0 Å². The maximum atomic E-state index is 4.07. The minimum absolute atomic E-state index is 0.0877. The number of rotatable bonds is 6. The summed E-state index contributed by atoms with van der Waals surface area (Å²) in [5, 5.41) is 3.77. The second-order valence-electron chi connectivity index (χ2n) is 15.5. The van der Waals surface area contributed by atoms with E-state index in [1.807, 2.05) is 18.2 Å². The summed E-state index contributed by atoms with van der Waals surface area (Å²) in [6, 6.07) is 27.5. The van der Waals surface area contributed by atoms with Gasteiger partial charge in [0.1, 0.15) is 0 Å². The Kier molecular flexibility index (Phi) is 8.34. The van der Waals surface area contributed by atoms with E-state index in [9.17, 15) is 0 Å². The van der Waals surface area contributed by atoms with Crippen LogP contribution < -0.4 is 10.2 Å². The molecule has 0 spiro atoms. The van der Waals surface area contributed by atoms with Crippen LogP contribution >= 0.6 is 0 Å². The molecular weight excluding hydrogens is 617 g/mol. The zero-order chi connectivity index (χ0) is 36.3. The SMILES string of the molecule is C=C/C=C\C(=C/C)N1C(=C/C)/C(=C\C=C)C(C)(C)c2cc(/C=C/c3ccc4c(c3)C(C)(C)c3cc5c(cc3-4)C(C)(C)c3ccccc3N5)ccc21. The monoisotopic (exact) mass is 666 g/mol. The lowest BCUT2D eigenvalue weighted by Crippen LogP contribution is -2.37. The lowest BCUT2D eigenvalue weighted by molar-refractivity contribution is 0.610. The van der Waals surface area contributed by atoms with Gasteiger partial charge in [0.05, 0.1) is 5.69 Å². The molecule has 2 nitrogen and oxygen atoms in total. The molecule has 0 radical (unpaired) electrons. The lowest BCUT2D eigenvalue weighted by Gasteiger charge is -2.44. The van der Waals surface area contributed by atoms with E-state index in [2.05, 4.69) is 188 Å². The van der Waals surface area contributed by atoms with Crippen molar-refractivity contribution in [2.75, 3.05) is 10.2 Å². The molecule has 1 N–H and O–H groups in total. The smallest absolute Gasteiger partial charge is 0.0502 e. The van der Waals surface area contributed by atoms with Gasteiger partial charge in [0.2, 0.25) is 0 Å². The zero-order valence-electron chi connectivity index (χ0n) is 31.5. The molecule has 1 aliphatic carbocycles. The fraction of sp³-hybridized carbons (Fsp3) is 0.224. The molecule has 0 saturated heterocycles. The van der Waals surface area contributed by atoms with Gasteiger partial charge in [-0.05, 0) is 106 Å². The Hall–Kier alpha value is -5.34. The number of allylic oxidation sites excluding steroid dienone is 8. The summed E-state index contributed by atoms with van der Waals surface area (Å²) in [4.78, 5) is 2.36. The Labute approximate surface area is 305 Å². The molecule has 0 bridgehead atoms. The number of nitrogens with one attached hydrogen (secondary N) is 1. The Morgan fingerprint density at radius 3 is 2.00 bits per heavy atom. The number of para-hydroxylation sites is 1. The average molecular weight is 667 g/mol. The van der Waals surface area contributed by atoms with Crippen molar-refractivity contribution in [2.45, 2.75) is 71.6 Å². The minimum Gasteiger partial charge on any atom is -0.355 e. The Morgan fingerprint density at radius 1 is 0.647 bits per heavy atom. The molecule has 2 heteroatoms. The summed E-state index contributed by atoms with van der Waals surface area (Å²) in [7, 11) is 0. The van der Waals surface area contributed by atoms with Gasteiger partial charge >= 0.3 is 0 Å². The van der Waals surface area contributed by atoms with Crippen LogP contribution in [0.5, 0.6) is 0 Å². The number of hydrogen-bond donors (Lipinski definition) is 1. The van der Waals surface area contributed by atoms with E-state index in [0.717, 1.165) is 5.70 Å². The molecule has 4 aromatic rings. The fourth-order valence-corrected chi connectivity index (χ4v) is 8.65. The standard InChI is InChI=1S/C49H50N2/c1-11-15-19-34(13-3)51-45(14-4)38(18-12-2)48(7,8)42-29-33(25-27-46(42)51)23-22-32-24-26-35-36-30-41-44(31-40(36)49(9,10)39(35)28-32)50-43-21-17-16-20-37(43)47(41,5)6/h11-31,50H,1-2H2,3-10H3/b19-15-,23-22+,34-13+,38-18+,45-14+. The second-order valence-corrected chi connectivity index (χ2v) is 15.5. The van der Waals surface area contributed by atoms with Crippen molar-refractivity contribution < 1.29 is 0 Å². The van der Waals surface area contributed by atoms with E-state index in [1.54, 1.807) is 0 Å². The number of nitrogens with zero attached hydrogens (tertiary/aromatic N) is 1. The van der Waals surface area contributed by atoms with E-state index >= 15 is 0 Å². The molecule has 4 aromatic carbocycles. The van der Waals surface area contributed by atoms with Gasteiger partial charge < -0.3 is 10.2 Å². The normalized spacial score (nSPS) is 19.4. The first-order valence-electron chi connectivity index (χ1n) is 18.2. The lowest BCUT2D eigenvalue weighted by atomic mass is 9.71. The molecule has 0 amide bonds. The van der Waals surface area contributed by atoms with Crippen LogP contribution in [-0.2, 0) is 16.2 Å². The van der Waals surface area contributed by atoms with Crippen LogP contribution in [0.1, 0.15) is 94.3 Å². The summed E-state index contributed by atoms with van der Waals surface area (Å²) in [6.07, 6.45) is 18.9. The van der Waals surface area contributed by atoms with Gasteiger partial charge in [-0.1, -0.05) is 146 Å². The summed E-state index contributed by atoms with van der Waals surface area (Å²) >= 11 is 0. The highest BCUT2D eigenvalue weighted by Crippen LogP contribution is 2.55. The highest BCUT2D eigenvalue weighted by atomic mass is 15.2. The van der Waals surface area contributed by atoms with E-state index in [0.29, 0.717) is 0 Å². The van der Waals surface area contributed by atoms with Gasteiger partial charge in [0.15, 0.2) is 0 Å². The molecule has 0 saturated carbocycles. The van der Waals surface area contributed by atoms with Crippen molar-refractivity contribution in [3.05, 3.63) is 184 Å². The van der Waals surface area contributed by atoms with E-state index < -0.39 is 0 Å². The molecule has 3 aliphatic rings. The van der Waals surface area contributed by atoms with Crippen LogP contribution in [0.25, 0.3) is 23.3 Å². The van der Waals surface area contributed by atoms with Crippen LogP contribution in [0.2, 0.25) is 0 Å². The first kappa shape index (κ1) is 34.1. The predicted octanol–water partition coefficient (Wildman–Crippen LogP) is 13.3. The molecule has 256 valence electrons. The van der Waals surface area contributed by atoms with Crippen LogP contribution in [0, 0.1) is 0 Å². The summed E-state index contributed by atoms with van der Waals surface area (Å²) in [6.45, 7) is 26.2. The fourth-order valence-electron chi connectivity index (χ4n) is 8.65. The Morgan fingerprint density at radius 2 is 1.31 bits per heavy atom. The quantitative estimate of drug-likeness (QED) is 0.163. The zero-order valence-corrected chi connectivity index (χ0v) is 31.5. The maximum Gasteiger partial charge on any atom is 0.0502 e. The van der Waals surface area contributed by atoms with Gasteiger partial charge in [-0.15, -0.1) is 0 Å². The predicted molar refractivity (Wildman–Crippen MR) is 222 cm³/mol. The largest absolute Gasteiger partial charge is 0.355 e. The molecule has 0 aromatic heterocycles. The van der Waals surface area contributed by atoms with Crippen LogP contribution in [-0.4, -0.2) is 0 Å². The summed E-state index contributed by atoms with van der Waals surface area (Å²) < 4.78 is 0. The topological polar surface area (TPSA) is 15.3 Å². The molecule has 0 fully saturated rings. The Balaban J connectivity index is 1.26. The van der Waals surface area contributed by atoms with Crippen LogP contribution in [0.3, 0.4) is 0 Å². The summed E-state index contributed by atoms with van der Waals surface area (Å²) in [5.74, 6) is 0. The molecule has 2 aliphatic heterocycles. The molecule has 0 unspecified atom stereocenters. The van der Waals surface area contributed by atoms with Gasteiger partial charge in [0.25, 0.3) is 0 Å². The Bertz CT molecular complexity index is 2260. The first-order chi connectivity index (χ1) is 24.4. The van der Waals surface area contributed by atoms with Gasteiger partial charge in [-0.25, -0.2) is 0 Å². The van der Waals surface area contributed by atoms with Crippen molar-refractivity contribution in [1.82, 2.24) is 0 Å². The number of fused-ring (bicyclic) bond motifs is 6. The highest BCUT2D eigenvalue weighted by molar-refractivity contribution is 5.88. The van der Waals surface area contributed by atoms with Gasteiger partial charge in [-0.3, -0.25) is 0 Å². The first-order valence-corrected chi connectivity index (χ1v) is 18.2. The third-order valence-corrected chi connectivity index (χ3v) is 11.5. The van der Waals surface area contributed by atoms with E-state index in [-0.39, 0.29) is 16.2 Å². The second kappa shape index (κ2) is 12.5. The van der Waals surface area contributed by atoms with Gasteiger partial charge in [0, 0.05) is 39.0 Å². The summed E-state index contributed by atoms with van der Waals surface area (Å²) in [5.41, 5.74) is 18.5. The molecule has 7 rings (SSSR count). The number of benzene rings is 4. The van der Waals surface area contributed by atoms with Crippen molar-refractivity contribution in [2.24, 2.45) is 0 Å². The van der Waals surface area contributed by atoms with E-state index in [1.165, 1.54) is 78.4 Å². The minimum atomic E-state index is -0.222. The van der Waals surface area contributed by atoms with Crippen molar-refractivity contribution >= 4 is 29.2 Å². The molecule has 51 heavy (non-hydrogen) atoms. The van der Waals surface area contributed by atoms with Crippen molar-refractivity contribution in [3.8, 4) is 11.1 Å².